The summed E-state index contributed by atoms with van der Waals surface area (Å²) in [6.07, 6.45) is 13.2. The van der Waals surface area contributed by atoms with E-state index in [1.807, 2.05) is 0 Å². The van der Waals surface area contributed by atoms with E-state index in [9.17, 15) is 9.18 Å². The molecule has 8 atom stereocenters. The molecule has 6 heteroatoms. The van der Waals surface area contributed by atoms with Crippen LogP contribution in [0.1, 0.15) is 84.0 Å². The van der Waals surface area contributed by atoms with Gasteiger partial charge >= 0.3 is 0 Å². The smallest absolute Gasteiger partial charge is 0.237 e. The van der Waals surface area contributed by atoms with Gasteiger partial charge in [-0.15, -0.1) is 0 Å². The van der Waals surface area contributed by atoms with Crippen molar-refractivity contribution in [1.82, 2.24) is 20.4 Å². The van der Waals surface area contributed by atoms with Gasteiger partial charge in [0.1, 0.15) is 6.17 Å². The monoisotopic (exact) mass is 462 g/mol. The van der Waals surface area contributed by atoms with E-state index in [4.69, 9.17) is 0 Å². The Morgan fingerprint density at radius 1 is 0.970 bits per heavy atom. The van der Waals surface area contributed by atoms with Crippen LogP contribution < -0.4 is 10.6 Å². The Labute approximate surface area is 200 Å². The maximum atomic E-state index is 14.5. The maximum absolute atomic E-state index is 14.5. The molecule has 3 aliphatic carbocycles. The molecular weight excluding hydrogens is 415 g/mol. The van der Waals surface area contributed by atoms with Crippen LogP contribution in [0.25, 0.3) is 0 Å². The Hall–Kier alpha value is -0.720. The molecule has 0 aromatic rings. The van der Waals surface area contributed by atoms with Crippen LogP contribution in [0, 0.1) is 17.8 Å². The Balaban J connectivity index is 1.18. The van der Waals surface area contributed by atoms with Gasteiger partial charge < -0.3 is 15.5 Å². The normalized spacial score (nSPS) is 43.8. The van der Waals surface area contributed by atoms with E-state index in [1.54, 1.807) is 0 Å². The molecule has 0 spiro atoms. The van der Waals surface area contributed by atoms with Gasteiger partial charge in [0.25, 0.3) is 0 Å². The van der Waals surface area contributed by atoms with Crippen molar-refractivity contribution in [2.45, 2.75) is 120 Å². The van der Waals surface area contributed by atoms with Crippen molar-refractivity contribution in [2.75, 3.05) is 26.7 Å². The van der Waals surface area contributed by atoms with Crippen molar-refractivity contribution in [2.24, 2.45) is 17.8 Å². The molecule has 0 aromatic heterocycles. The van der Waals surface area contributed by atoms with Crippen LogP contribution in [-0.4, -0.2) is 78.8 Å². The third-order valence-corrected chi connectivity index (χ3v) is 9.98. The number of amides is 1. The topological polar surface area (TPSA) is 47.6 Å². The molecule has 2 saturated heterocycles. The van der Waals surface area contributed by atoms with Gasteiger partial charge in [-0.2, -0.15) is 0 Å². The molecule has 8 unspecified atom stereocenters. The zero-order valence-corrected chi connectivity index (χ0v) is 21.0. The molecule has 33 heavy (non-hydrogen) atoms. The molecule has 0 aromatic carbocycles. The number of hydrogen-bond acceptors (Lipinski definition) is 4. The standard InChI is InChI=1S/C27H47FN4O/c1-18-11-12-23(28)22-16-24(30-26(18)22)27(33)29-20-9-6-10-21(15-20)32-14-13-31(2)17-25(32)19-7-4-3-5-8-19/h18-26,30H,3-17H2,1-2H3,(H,29,33). The van der Waals surface area contributed by atoms with Gasteiger partial charge in [-0.25, -0.2) is 4.39 Å². The maximum Gasteiger partial charge on any atom is 0.237 e. The molecule has 2 heterocycles. The van der Waals surface area contributed by atoms with Crippen LogP contribution in [0.5, 0.6) is 0 Å². The van der Waals surface area contributed by atoms with E-state index in [-0.39, 0.29) is 30.0 Å². The SMILES string of the molecule is CC1CCC(F)C2CC(C(=O)NC3CCCC(N4CCN(C)CC4C4CCCCC4)C3)NC12. The van der Waals surface area contributed by atoms with Gasteiger partial charge in [0, 0.05) is 49.7 Å². The number of rotatable bonds is 4. The van der Waals surface area contributed by atoms with Gasteiger partial charge in [-0.1, -0.05) is 26.2 Å². The van der Waals surface area contributed by atoms with Crippen molar-refractivity contribution in [3.05, 3.63) is 0 Å². The number of fused-ring (bicyclic) bond motifs is 1. The summed E-state index contributed by atoms with van der Waals surface area (Å²) < 4.78 is 14.5. The predicted octanol–water partition coefficient (Wildman–Crippen LogP) is 3.72. The van der Waals surface area contributed by atoms with Crippen LogP contribution in [-0.2, 0) is 4.79 Å². The summed E-state index contributed by atoms with van der Waals surface area (Å²) in [6, 6.07) is 1.51. The largest absolute Gasteiger partial charge is 0.352 e. The lowest BCUT2D eigenvalue weighted by Gasteiger charge is -2.50. The summed E-state index contributed by atoms with van der Waals surface area (Å²) in [6.45, 7) is 5.75. The molecule has 1 amide bonds. The number of likely N-dealkylation sites (N-methyl/N-ethyl adjacent to an activating group) is 1. The molecule has 2 aliphatic heterocycles. The minimum Gasteiger partial charge on any atom is -0.352 e. The van der Waals surface area contributed by atoms with E-state index < -0.39 is 6.17 Å². The zero-order chi connectivity index (χ0) is 22.9. The minimum absolute atomic E-state index is 0.0187. The fraction of sp³-hybridized carbons (Fsp3) is 0.963. The predicted molar refractivity (Wildman–Crippen MR) is 131 cm³/mol. The summed E-state index contributed by atoms with van der Waals surface area (Å²) in [4.78, 5) is 18.6. The van der Waals surface area contributed by atoms with Crippen LogP contribution in [0.15, 0.2) is 0 Å². The molecule has 5 fully saturated rings. The second-order valence-corrected chi connectivity index (χ2v) is 12.2. The Bertz CT molecular complexity index is 653. The number of halogens is 1. The summed E-state index contributed by atoms with van der Waals surface area (Å²) in [5.74, 6) is 1.45. The molecule has 2 N–H and O–H groups in total. The molecule has 5 nitrogen and oxygen atoms in total. The van der Waals surface area contributed by atoms with Crippen molar-refractivity contribution >= 4 is 5.91 Å². The summed E-state index contributed by atoms with van der Waals surface area (Å²) in [5.41, 5.74) is 0. The van der Waals surface area contributed by atoms with Gasteiger partial charge in [-0.05, 0) is 76.7 Å². The molecule has 0 bridgehead atoms. The number of nitrogens with zero attached hydrogens (tertiary/aromatic N) is 2. The van der Waals surface area contributed by atoms with Crippen molar-refractivity contribution < 1.29 is 9.18 Å². The van der Waals surface area contributed by atoms with Crippen LogP contribution in [0.2, 0.25) is 0 Å². The number of carbonyl (C=O) groups excluding carboxylic acids is 1. The van der Waals surface area contributed by atoms with E-state index in [0.717, 1.165) is 31.7 Å². The highest BCUT2D eigenvalue weighted by molar-refractivity contribution is 5.82. The molecular formula is C27H47FN4O. The second-order valence-electron chi connectivity index (χ2n) is 12.2. The summed E-state index contributed by atoms with van der Waals surface area (Å²) >= 11 is 0. The molecule has 5 rings (SSSR count). The van der Waals surface area contributed by atoms with Gasteiger partial charge in [0.05, 0.1) is 6.04 Å². The summed E-state index contributed by atoms with van der Waals surface area (Å²) in [7, 11) is 2.28. The first kappa shape index (κ1) is 24.0. The van der Waals surface area contributed by atoms with Crippen LogP contribution in [0.3, 0.4) is 0 Å². The number of hydrogen-bond donors (Lipinski definition) is 2. The lowest BCUT2D eigenvalue weighted by Crippen LogP contribution is -2.60. The highest BCUT2D eigenvalue weighted by Gasteiger charge is 2.47. The second kappa shape index (κ2) is 10.5. The van der Waals surface area contributed by atoms with Gasteiger partial charge in [0.2, 0.25) is 5.91 Å². The Kier molecular flexibility index (Phi) is 7.63. The molecule has 0 radical (unpaired) electrons. The fourth-order valence-electron chi connectivity index (χ4n) is 8.06. The van der Waals surface area contributed by atoms with Crippen molar-refractivity contribution in [1.29, 1.82) is 0 Å². The minimum atomic E-state index is -0.746. The van der Waals surface area contributed by atoms with E-state index in [1.165, 1.54) is 58.0 Å². The lowest BCUT2D eigenvalue weighted by atomic mass is 9.77. The van der Waals surface area contributed by atoms with Crippen LogP contribution in [0.4, 0.5) is 4.39 Å². The highest BCUT2D eigenvalue weighted by atomic mass is 19.1. The van der Waals surface area contributed by atoms with Gasteiger partial charge in [-0.3, -0.25) is 9.69 Å². The molecule has 5 aliphatic rings. The van der Waals surface area contributed by atoms with E-state index in [2.05, 4.69) is 34.4 Å². The van der Waals surface area contributed by atoms with Gasteiger partial charge in [0.15, 0.2) is 0 Å². The average molecular weight is 463 g/mol. The van der Waals surface area contributed by atoms with Crippen molar-refractivity contribution in [3.8, 4) is 0 Å². The van der Waals surface area contributed by atoms with Crippen molar-refractivity contribution in [3.63, 3.8) is 0 Å². The lowest BCUT2D eigenvalue weighted by molar-refractivity contribution is -0.124. The first-order valence-corrected chi connectivity index (χ1v) is 14.1. The first-order valence-electron chi connectivity index (χ1n) is 14.1. The number of piperazine rings is 1. The fourth-order valence-corrected chi connectivity index (χ4v) is 8.06. The van der Waals surface area contributed by atoms with E-state index in [0.29, 0.717) is 30.8 Å². The quantitative estimate of drug-likeness (QED) is 0.669. The third-order valence-electron chi connectivity index (χ3n) is 9.98. The van der Waals surface area contributed by atoms with Crippen LogP contribution >= 0.6 is 0 Å². The first-order chi connectivity index (χ1) is 16.0. The third kappa shape index (κ3) is 5.28. The zero-order valence-electron chi connectivity index (χ0n) is 21.0. The Morgan fingerprint density at radius 2 is 1.79 bits per heavy atom. The Morgan fingerprint density at radius 3 is 2.58 bits per heavy atom. The van der Waals surface area contributed by atoms with E-state index >= 15 is 0 Å². The summed E-state index contributed by atoms with van der Waals surface area (Å²) in [5, 5.41) is 6.94. The number of nitrogens with one attached hydrogen (secondary N) is 2. The number of alkyl halides is 1. The molecule has 188 valence electrons. The highest BCUT2D eigenvalue weighted by Crippen LogP contribution is 2.39. The average Bonchev–Trinajstić information content (AvgIpc) is 3.29. The molecule has 3 saturated carbocycles. The number of carbonyl (C=O) groups is 1.